The van der Waals surface area contributed by atoms with Gasteiger partial charge in [-0.05, 0) is 0 Å². The lowest BCUT2D eigenvalue weighted by Crippen LogP contribution is -2.33. The number of allylic oxidation sites excluding steroid dienone is 4. The van der Waals surface area contributed by atoms with Crippen molar-refractivity contribution in [2.24, 2.45) is 5.92 Å². The number of phosphoric ester groups is 1. The Balaban J connectivity index is 1.68. The minimum atomic E-state index is -5.71. The zero-order chi connectivity index (χ0) is 26.0. The third-order valence-electron chi connectivity index (χ3n) is 4.42. The van der Waals surface area contributed by atoms with Crippen LogP contribution in [0.15, 0.2) is 40.1 Å². The van der Waals surface area contributed by atoms with Crippen molar-refractivity contribution >= 4 is 23.5 Å². The summed E-state index contributed by atoms with van der Waals surface area (Å²) >= 11 is 0. The summed E-state index contributed by atoms with van der Waals surface area (Å²) in [5.41, 5.74) is -1.69. The number of nitrogens with one attached hydrogen (secondary N) is 1. The van der Waals surface area contributed by atoms with Crippen molar-refractivity contribution in [1.29, 1.82) is 0 Å². The van der Waals surface area contributed by atoms with Gasteiger partial charge < -0.3 is 29.4 Å². The fourth-order valence-electron chi connectivity index (χ4n) is 2.98. The van der Waals surface area contributed by atoms with E-state index >= 15 is 0 Å². The second kappa shape index (κ2) is 10.6. The van der Waals surface area contributed by atoms with Gasteiger partial charge in [-0.2, -0.15) is 8.62 Å². The van der Waals surface area contributed by atoms with Crippen LogP contribution in [0.1, 0.15) is 18.2 Å². The molecule has 1 fully saturated rings. The molecule has 2 heterocycles. The number of hydrogen-bond acceptors (Lipinski definition) is 10. The monoisotopic (exact) mass is 556 g/mol. The van der Waals surface area contributed by atoms with Gasteiger partial charge in [0.2, 0.25) is 0 Å². The molecule has 19 heteroatoms. The van der Waals surface area contributed by atoms with Crippen LogP contribution >= 0.6 is 23.5 Å². The Morgan fingerprint density at radius 1 is 1.09 bits per heavy atom. The Kier molecular flexibility index (Phi) is 8.35. The Labute approximate surface area is 195 Å². The SMILES string of the molecule is O=c1[nH]c(=O)n([C@H]2C[C@H](O)[C@@H](COP(=O)(O)OP(=O)(O)OP(=O)(O)O)O2)cc1C#CC1C=CC=C1. The number of aliphatic hydroxyl groups excluding tert-OH is 1. The summed E-state index contributed by atoms with van der Waals surface area (Å²) in [6, 6.07) is 0. The molecule has 1 saturated heterocycles. The molecule has 0 aromatic carbocycles. The average molecular weight is 556 g/mol. The van der Waals surface area contributed by atoms with E-state index in [1.807, 2.05) is 0 Å². The maximum Gasteiger partial charge on any atom is 0.490 e. The summed E-state index contributed by atoms with van der Waals surface area (Å²) in [5, 5.41) is 10.2. The number of ether oxygens (including phenoxy) is 1. The molecule has 1 aliphatic carbocycles. The van der Waals surface area contributed by atoms with Crippen molar-refractivity contribution in [1.82, 2.24) is 9.55 Å². The highest BCUT2D eigenvalue weighted by Gasteiger charge is 2.43. The van der Waals surface area contributed by atoms with E-state index in [9.17, 15) is 33.3 Å². The van der Waals surface area contributed by atoms with Gasteiger partial charge in [0.25, 0.3) is 5.56 Å². The lowest BCUT2D eigenvalue weighted by Gasteiger charge is -2.19. The van der Waals surface area contributed by atoms with Crippen LogP contribution in [-0.4, -0.2) is 53.0 Å². The van der Waals surface area contributed by atoms with Crippen molar-refractivity contribution in [2.45, 2.75) is 24.9 Å². The third kappa shape index (κ3) is 8.03. The molecule has 3 rings (SSSR count). The van der Waals surface area contributed by atoms with Gasteiger partial charge in [0, 0.05) is 12.6 Å². The lowest BCUT2D eigenvalue weighted by molar-refractivity contribution is -0.0450. The molecule has 1 aromatic heterocycles. The first kappa shape index (κ1) is 27.6. The van der Waals surface area contributed by atoms with Crippen LogP contribution in [0.2, 0.25) is 0 Å². The van der Waals surface area contributed by atoms with Crippen LogP contribution in [0.5, 0.6) is 0 Å². The van der Waals surface area contributed by atoms with Gasteiger partial charge in [0.05, 0.1) is 18.6 Å². The van der Waals surface area contributed by atoms with Crippen molar-refractivity contribution in [3.8, 4) is 11.8 Å². The van der Waals surface area contributed by atoms with Crippen LogP contribution in [0, 0.1) is 17.8 Å². The molecule has 0 saturated carbocycles. The normalized spacial score (nSPS) is 25.7. The van der Waals surface area contributed by atoms with Crippen molar-refractivity contribution in [2.75, 3.05) is 6.61 Å². The molecule has 16 nitrogen and oxygen atoms in total. The van der Waals surface area contributed by atoms with E-state index < -0.39 is 59.8 Å². The minimum absolute atomic E-state index is 0.0619. The minimum Gasteiger partial charge on any atom is -0.390 e. The second-order valence-electron chi connectivity index (χ2n) is 7.09. The number of hydrogen-bond donors (Lipinski definition) is 6. The first-order chi connectivity index (χ1) is 16.1. The van der Waals surface area contributed by atoms with E-state index in [-0.39, 0.29) is 17.9 Å². The molecule has 0 bridgehead atoms. The topological polar surface area (TPSA) is 244 Å². The van der Waals surface area contributed by atoms with Crippen LogP contribution in [0.3, 0.4) is 0 Å². The lowest BCUT2D eigenvalue weighted by atomic mass is 10.1. The van der Waals surface area contributed by atoms with Gasteiger partial charge in [0.15, 0.2) is 0 Å². The van der Waals surface area contributed by atoms with E-state index in [0.29, 0.717) is 0 Å². The van der Waals surface area contributed by atoms with Gasteiger partial charge in [-0.15, -0.1) is 0 Å². The summed E-state index contributed by atoms with van der Waals surface area (Å²) in [6.07, 6.45) is 4.15. The molecule has 2 unspecified atom stereocenters. The molecule has 2 aliphatic rings. The molecule has 35 heavy (non-hydrogen) atoms. The van der Waals surface area contributed by atoms with Crippen molar-refractivity contribution < 1.29 is 56.3 Å². The van der Waals surface area contributed by atoms with E-state index in [1.165, 1.54) is 0 Å². The highest BCUT2D eigenvalue weighted by Crippen LogP contribution is 2.66. The van der Waals surface area contributed by atoms with Crippen LogP contribution in [0.25, 0.3) is 0 Å². The van der Waals surface area contributed by atoms with Gasteiger partial charge >= 0.3 is 29.2 Å². The molecule has 0 radical (unpaired) electrons. The number of rotatable bonds is 8. The Morgan fingerprint density at radius 2 is 1.74 bits per heavy atom. The third-order valence-corrected chi connectivity index (χ3v) is 8.22. The second-order valence-corrected chi connectivity index (χ2v) is 11.5. The zero-order valence-electron chi connectivity index (χ0n) is 17.3. The Morgan fingerprint density at radius 3 is 2.37 bits per heavy atom. The molecule has 0 spiro atoms. The molecular weight excluding hydrogens is 537 g/mol. The van der Waals surface area contributed by atoms with Gasteiger partial charge in [-0.1, -0.05) is 36.1 Å². The predicted octanol–water partition coefficient (Wildman–Crippen LogP) is -0.378. The fraction of sp³-hybridized carbons (Fsp3) is 0.375. The highest BCUT2D eigenvalue weighted by atomic mass is 31.3. The number of nitrogens with zero attached hydrogens (tertiary/aromatic N) is 1. The number of aromatic nitrogens is 2. The zero-order valence-corrected chi connectivity index (χ0v) is 20.0. The number of aromatic amines is 1. The maximum absolute atomic E-state index is 12.2. The Bertz CT molecular complexity index is 1340. The highest BCUT2D eigenvalue weighted by molar-refractivity contribution is 7.66. The van der Waals surface area contributed by atoms with E-state index in [0.717, 1.165) is 10.8 Å². The summed E-state index contributed by atoms with van der Waals surface area (Å²) in [6.45, 7) is -0.910. The van der Waals surface area contributed by atoms with E-state index in [4.69, 9.17) is 19.4 Å². The fourth-order valence-corrected chi connectivity index (χ4v) is 6.01. The van der Waals surface area contributed by atoms with Crippen LogP contribution in [0.4, 0.5) is 0 Å². The largest absolute Gasteiger partial charge is 0.490 e. The first-order valence-corrected chi connectivity index (χ1v) is 14.0. The average Bonchev–Trinajstić information content (AvgIpc) is 3.32. The molecule has 1 aromatic rings. The smallest absolute Gasteiger partial charge is 0.390 e. The van der Waals surface area contributed by atoms with Crippen molar-refractivity contribution in [3.05, 3.63) is 56.9 Å². The molecule has 192 valence electrons. The predicted molar refractivity (Wildman–Crippen MR) is 114 cm³/mol. The summed E-state index contributed by atoms with van der Waals surface area (Å²) in [7, 11) is -16.7. The molecule has 5 atom stereocenters. The maximum atomic E-state index is 12.2. The Hall–Kier alpha value is -1.95. The number of phosphoric acid groups is 3. The summed E-state index contributed by atoms with van der Waals surface area (Å²) in [5.74, 6) is 5.26. The van der Waals surface area contributed by atoms with Crippen LogP contribution < -0.4 is 11.2 Å². The molecular formula is C16H19N2O14P3. The summed E-state index contributed by atoms with van der Waals surface area (Å²) < 4.78 is 51.9. The molecule has 6 N–H and O–H groups in total. The van der Waals surface area contributed by atoms with Gasteiger partial charge in [0.1, 0.15) is 17.9 Å². The molecule has 0 amide bonds. The van der Waals surface area contributed by atoms with Gasteiger partial charge in [-0.3, -0.25) is 18.9 Å². The van der Waals surface area contributed by atoms with E-state index in [1.54, 1.807) is 24.3 Å². The quantitative estimate of drug-likeness (QED) is 0.177. The number of aliphatic hydroxyl groups is 1. The number of H-pyrrole nitrogens is 1. The van der Waals surface area contributed by atoms with E-state index in [2.05, 4.69) is 30.0 Å². The van der Waals surface area contributed by atoms with Crippen LogP contribution in [-0.2, 0) is 31.6 Å². The first-order valence-electron chi connectivity index (χ1n) is 9.48. The molecule has 1 aliphatic heterocycles. The standard InChI is InChI=1S/C16H19N2O14P3/c19-12-7-14(18-8-11(15(20)17-16(18)21)6-5-10-3-1-2-4-10)30-13(12)9-29-34(25,26)32-35(27,28)31-33(22,23)24/h1-4,8,10,12-14,19H,7,9H2,(H,25,26)(H,27,28)(H,17,20,21)(H2,22,23,24)/t12-,13+,14+/m0/s1. The van der Waals surface area contributed by atoms with Gasteiger partial charge in [-0.25, -0.2) is 18.5 Å². The van der Waals surface area contributed by atoms with Crippen molar-refractivity contribution in [3.63, 3.8) is 0 Å². The summed E-state index contributed by atoms with van der Waals surface area (Å²) in [4.78, 5) is 62.1.